The summed E-state index contributed by atoms with van der Waals surface area (Å²) in [5, 5.41) is 0. The van der Waals surface area contributed by atoms with Crippen LogP contribution >= 0.6 is 0 Å². The molecule has 0 fully saturated rings. The molecule has 0 N–H and O–H groups in total. The van der Waals surface area contributed by atoms with Crippen molar-refractivity contribution in [3.05, 3.63) is 12.4 Å². The Hall–Kier alpha value is 0.343. The fourth-order valence-corrected chi connectivity index (χ4v) is 0.0714. The van der Waals surface area contributed by atoms with Crippen molar-refractivity contribution in [2.24, 2.45) is 0 Å². The predicted molar refractivity (Wildman–Crippen MR) is 17.7 cm³/mol. The molecule has 0 aromatic heterocycles. The van der Waals surface area contributed by atoms with Gasteiger partial charge in [-0.05, 0) is 0 Å². The Bertz CT molecular complexity index is 73.8. The fourth-order valence-electron chi connectivity index (χ4n) is 0.0714. The van der Waals surface area contributed by atoms with Gasteiger partial charge in [-0.2, -0.15) is 13.2 Å². The summed E-state index contributed by atoms with van der Waals surface area (Å²) in [7, 11) is 0. The van der Waals surface area contributed by atoms with E-state index in [1.165, 1.54) is 0 Å². The minimum atomic E-state index is -4.51. The second-order valence-corrected chi connectivity index (χ2v) is 0.834. The summed E-state index contributed by atoms with van der Waals surface area (Å²) in [4.78, 5) is 0. The molecule has 0 radical (unpaired) electrons. The molecule has 0 saturated carbocycles. The van der Waals surface area contributed by atoms with Crippen LogP contribution in [0.15, 0.2) is 12.4 Å². The van der Waals surface area contributed by atoms with Gasteiger partial charge in [-0.1, -0.05) is 0 Å². The third-order valence-corrected chi connectivity index (χ3v) is 0.252. The maximum absolute atomic E-state index is 10.7. The van der Waals surface area contributed by atoms with E-state index in [0.29, 0.717) is 0 Å². The average Bonchev–Trinajstić information content (AvgIpc) is 1.30. The molecule has 0 nitrogen and oxygen atoms in total. The Balaban J connectivity index is 0. The standard InChI is InChI=1S/C3H2F4.AtH/c4-2-1-3(5,6)7;/h1-2H;1H. The van der Waals surface area contributed by atoms with E-state index in [2.05, 4.69) is 0 Å². The van der Waals surface area contributed by atoms with Crippen LogP contribution in [0.25, 0.3) is 0 Å². The summed E-state index contributed by atoms with van der Waals surface area (Å²) >= 11 is 0. The van der Waals surface area contributed by atoms with Crippen LogP contribution < -0.4 is 0 Å². The van der Waals surface area contributed by atoms with Gasteiger partial charge in [0.2, 0.25) is 0 Å². The van der Waals surface area contributed by atoms with Crippen molar-refractivity contribution in [2.45, 2.75) is 6.18 Å². The first-order valence-corrected chi connectivity index (χ1v) is 1.41. The molecule has 0 aliphatic heterocycles. The quantitative estimate of drug-likeness (QED) is 0.596. The summed E-state index contributed by atoms with van der Waals surface area (Å²) < 4.78 is 42.8. The van der Waals surface area contributed by atoms with Gasteiger partial charge in [0.1, 0.15) is 0 Å². The molecule has 0 atom stereocenters. The SMILES string of the molecule is FC=CC(F)(F)F.[AtH]. The zero-order valence-corrected chi connectivity index (χ0v) is 6.75. The second kappa shape index (κ2) is 4.24. The third kappa shape index (κ3) is 9.60. The molecule has 5 heteroatoms. The Morgan fingerprint density at radius 1 is 1.12 bits per heavy atom. The van der Waals surface area contributed by atoms with Crippen molar-refractivity contribution in [3.8, 4) is 0 Å². The summed E-state index contributed by atoms with van der Waals surface area (Å²) in [6.07, 6.45) is -5.53. The van der Waals surface area contributed by atoms with Gasteiger partial charge < -0.3 is 0 Å². The normalized spacial score (nSPS) is 11.5. The number of rotatable bonds is 0. The van der Waals surface area contributed by atoms with E-state index in [4.69, 9.17) is 0 Å². The van der Waals surface area contributed by atoms with Crippen LogP contribution in [0.1, 0.15) is 0 Å². The van der Waals surface area contributed by atoms with Crippen LogP contribution in [-0.2, 0) is 0 Å². The van der Waals surface area contributed by atoms with Crippen LogP contribution in [0, 0.1) is 26.2 Å². The number of halogens is 4. The summed E-state index contributed by atoms with van der Waals surface area (Å²) in [5.41, 5.74) is 0. The first-order chi connectivity index (χ1) is 3.06. The van der Waals surface area contributed by atoms with Gasteiger partial charge in [-0.15, -0.1) is 0 Å². The van der Waals surface area contributed by atoms with E-state index in [1.807, 2.05) is 0 Å². The number of hydrogen-bond acceptors (Lipinski definition) is 0. The molecule has 0 heterocycles. The average molecular weight is 325 g/mol. The second-order valence-electron chi connectivity index (χ2n) is 0.834. The van der Waals surface area contributed by atoms with Crippen LogP contribution in [-0.4, -0.2) is 6.18 Å². The van der Waals surface area contributed by atoms with Gasteiger partial charge in [0, 0.05) is 6.08 Å². The van der Waals surface area contributed by atoms with Gasteiger partial charge in [0.25, 0.3) is 0 Å². The van der Waals surface area contributed by atoms with Crippen molar-refractivity contribution < 1.29 is 43.8 Å². The first-order valence-electron chi connectivity index (χ1n) is 1.41. The molecule has 0 unspecified atom stereocenters. The van der Waals surface area contributed by atoms with Gasteiger partial charge in [-0.25, -0.2) is 4.39 Å². The van der Waals surface area contributed by atoms with Gasteiger partial charge in [0.15, 0.2) is 0 Å². The molecule has 0 bridgehead atoms. The fraction of sp³-hybridized carbons (Fsp3) is 0.333. The molecule has 0 aliphatic carbocycles. The monoisotopic (exact) mass is 325 g/mol. The Morgan fingerprint density at radius 2 is 1.50 bits per heavy atom. The summed E-state index contributed by atoms with van der Waals surface area (Å²) in [6, 6.07) is 0. The van der Waals surface area contributed by atoms with Crippen LogP contribution in [0.2, 0.25) is 0 Å². The molecule has 0 aliphatic rings. The van der Waals surface area contributed by atoms with Crippen molar-refractivity contribution in [1.82, 2.24) is 0 Å². The molecule has 0 saturated heterocycles. The Kier molecular flexibility index (Phi) is 5.93. The third-order valence-electron chi connectivity index (χ3n) is 0.252. The van der Waals surface area contributed by atoms with Crippen molar-refractivity contribution in [2.75, 3.05) is 0 Å². The van der Waals surface area contributed by atoms with Gasteiger partial charge in [-0.3, -0.25) is 0 Å². The van der Waals surface area contributed by atoms with Crippen molar-refractivity contribution >= 4 is 0 Å². The van der Waals surface area contributed by atoms with E-state index in [0.717, 1.165) is 0 Å². The molecular weight excluding hydrogens is 322 g/mol. The van der Waals surface area contributed by atoms with E-state index < -0.39 is 18.6 Å². The molecular formula is C3H3AtF4. The van der Waals surface area contributed by atoms with E-state index in [1.54, 1.807) is 0 Å². The zero-order valence-electron chi connectivity index (χ0n) is 3.57. The van der Waals surface area contributed by atoms with Crippen LogP contribution in [0.5, 0.6) is 0 Å². The zero-order chi connectivity index (χ0) is 5.91. The molecule has 0 amide bonds. The summed E-state index contributed by atoms with van der Waals surface area (Å²) in [6.45, 7) is 0. The number of allylic oxidation sites excluding steroid dienone is 1. The number of hydrogen-bond donors (Lipinski definition) is 0. The van der Waals surface area contributed by atoms with E-state index in [-0.39, 0.29) is 26.2 Å². The molecule has 0 spiro atoms. The maximum atomic E-state index is 10.7. The van der Waals surface area contributed by atoms with Gasteiger partial charge in [0.05, 0.1) is 6.33 Å². The summed E-state index contributed by atoms with van der Waals surface area (Å²) in [5.74, 6) is 0. The van der Waals surface area contributed by atoms with Gasteiger partial charge >= 0.3 is 32.4 Å². The molecule has 50 valence electrons. The van der Waals surface area contributed by atoms with Crippen LogP contribution in [0.3, 0.4) is 0 Å². The van der Waals surface area contributed by atoms with Crippen molar-refractivity contribution in [3.63, 3.8) is 0 Å². The molecule has 8 heavy (non-hydrogen) atoms. The number of alkyl halides is 3. The molecule has 0 rings (SSSR count). The Labute approximate surface area is 62.7 Å². The van der Waals surface area contributed by atoms with Crippen LogP contribution in [0.4, 0.5) is 17.6 Å². The molecule has 0 aromatic carbocycles. The van der Waals surface area contributed by atoms with E-state index in [9.17, 15) is 17.6 Å². The predicted octanol–water partition coefficient (Wildman–Crippen LogP) is 1.76. The minimum absolute atomic E-state index is 0. The topological polar surface area (TPSA) is 0 Å². The van der Waals surface area contributed by atoms with Crippen molar-refractivity contribution in [1.29, 1.82) is 0 Å². The molecule has 0 aromatic rings. The van der Waals surface area contributed by atoms with E-state index >= 15 is 0 Å². The first kappa shape index (κ1) is 11.2. The Morgan fingerprint density at radius 3 is 1.50 bits per heavy atom.